The van der Waals surface area contributed by atoms with E-state index >= 15 is 0 Å². The molecule has 1 atom stereocenters. The van der Waals surface area contributed by atoms with E-state index in [4.69, 9.17) is 36.2 Å². The molecule has 0 fully saturated rings. The molecule has 0 aliphatic carbocycles. The summed E-state index contributed by atoms with van der Waals surface area (Å²) in [6, 6.07) is 10.6. The van der Waals surface area contributed by atoms with Gasteiger partial charge in [0.05, 0.1) is 22.2 Å². The SMILES string of the molecule is [B]C(Nc1cc(Cl)c2ncnc(NCC(C)(C)C)c2c1)(c1cn(CC(=O)O)nn1)c1ccccc1Cl. The van der Waals surface area contributed by atoms with Crippen LogP contribution in [0.3, 0.4) is 0 Å². The van der Waals surface area contributed by atoms with E-state index in [1.165, 1.54) is 17.2 Å². The number of nitrogens with zero attached hydrogens (tertiary/aromatic N) is 5. The Labute approximate surface area is 219 Å². The minimum atomic E-state index is -1.47. The number of nitrogens with one attached hydrogen (secondary N) is 2. The van der Waals surface area contributed by atoms with Gasteiger partial charge in [0.1, 0.15) is 32.2 Å². The van der Waals surface area contributed by atoms with Crippen molar-refractivity contribution in [3.63, 3.8) is 0 Å². The van der Waals surface area contributed by atoms with Gasteiger partial charge in [0.2, 0.25) is 0 Å². The Morgan fingerprint density at radius 3 is 2.58 bits per heavy atom. The Morgan fingerprint density at radius 1 is 1.14 bits per heavy atom. The summed E-state index contributed by atoms with van der Waals surface area (Å²) in [5.74, 6) is -0.426. The van der Waals surface area contributed by atoms with E-state index < -0.39 is 11.4 Å². The van der Waals surface area contributed by atoms with Crippen molar-refractivity contribution in [3.8, 4) is 0 Å². The first-order chi connectivity index (χ1) is 17.0. The first kappa shape index (κ1) is 25.7. The van der Waals surface area contributed by atoms with Crippen LogP contribution in [0.5, 0.6) is 0 Å². The van der Waals surface area contributed by atoms with Crippen molar-refractivity contribution < 1.29 is 9.90 Å². The van der Waals surface area contributed by atoms with Crippen molar-refractivity contribution in [2.75, 3.05) is 17.2 Å². The van der Waals surface area contributed by atoms with Crippen molar-refractivity contribution in [3.05, 3.63) is 70.2 Å². The van der Waals surface area contributed by atoms with Gasteiger partial charge in [-0.3, -0.25) is 4.79 Å². The van der Waals surface area contributed by atoms with Crippen molar-refractivity contribution in [1.29, 1.82) is 0 Å². The summed E-state index contributed by atoms with van der Waals surface area (Å²) in [6.07, 6.45) is 2.93. The summed E-state index contributed by atoms with van der Waals surface area (Å²) < 4.78 is 1.19. The number of hydrogen-bond donors (Lipinski definition) is 3. The number of halogens is 2. The lowest BCUT2D eigenvalue weighted by Gasteiger charge is -2.32. The Bertz CT molecular complexity index is 1420. The molecule has 0 saturated heterocycles. The average molecular weight is 524 g/mol. The van der Waals surface area contributed by atoms with Gasteiger partial charge in [0.15, 0.2) is 0 Å². The van der Waals surface area contributed by atoms with Crippen LogP contribution in [0.4, 0.5) is 11.5 Å². The molecular formula is C24H24BCl2N7O2. The third-order valence-electron chi connectivity index (χ3n) is 5.36. The first-order valence-electron chi connectivity index (χ1n) is 11.1. The van der Waals surface area contributed by atoms with E-state index in [0.717, 1.165) is 0 Å². The van der Waals surface area contributed by atoms with Crippen LogP contribution >= 0.6 is 23.2 Å². The summed E-state index contributed by atoms with van der Waals surface area (Å²) in [5, 5.41) is 25.3. The highest BCUT2D eigenvalue weighted by atomic mass is 35.5. The predicted molar refractivity (Wildman–Crippen MR) is 142 cm³/mol. The summed E-state index contributed by atoms with van der Waals surface area (Å²) in [7, 11) is 6.92. The number of rotatable bonds is 8. The number of fused-ring (bicyclic) bond motifs is 1. The van der Waals surface area contributed by atoms with Gasteiger partial charge in [0, 0.05) is 22.6 Å². The molecule has 0 spiro atoms. The summed E-state index contributed by atoms with van der Waals surface area (Å²) >= 11 is 13.1. The van der Waals surface area contributed by atoms with Crippen LogP contribution < -0.4 is 10.6 Å². The average Bonchev–Trinajstić information content (AvgIpc) is 3.26. The van der Waals surface area contributed by atoms with E-state index in [-0.39, 0.29) is 17.7 Å². The van der Waals surface area contributed by atoms with Crippen LogP contribution in [0.1, 0.15) is 32.0 Å². The van der Waals surface area contributed by atoms with Gasteiger partial charge in [-0.25, -0.2) is 14.6 Å². The van der Waals surface area contributed by atoms with Crippen LogP contribution in [0.15, 0.2) is 48.9 Å². The molecule has 36 heavy (non-hydrogen) atoms. The smallest absolute Gasteiger partial charge is 0.325 e. The van der Waals surface area contributed by atoms with Crippen molar-refractivity contribution in [2.45, 2.75) is 32.8 Å². The maximum Gasteiger partial charge on any atom is 0.325 e. The molecule has 4 aromatic rings. The van der Waals surface area contributed by atoms with Gasteiger partial charge in [-0.15, -0.1) is 5.10 Å². The van der Waals surface area contributed by atoms with Crippen molar-refractivity contribution in [2.24, 2.45) is 5.41 Å². The zero-order chi connectivity index (χ0) is 26.1. The zero-order valence-corrected chi connectivity index (χ0v) is 21.5. The number of aromatic nitrogens is 5. The minimum absolute atomic E-state index is 0.0230. The molecule has 4 rings (SSSR count). The van der Waals surface area contributed by atoms with E-state index in [2.05, 4.69) is 51.7 Å². The second-order valence-electron chi connectivity index (χ2n) is 9.60. The van der Waals surface area contributed by atoms with Crippen LogP contribution in [-0.4, -0.2) is 50.4 Å². The van der Waals surface area contributed by atoms with Gasteiger partial charge in [-0.1, -0.05) is 67.4 Å². The van der Waals surface area contributed by atoms with Gasteiger partial charge in [-0.05, 0) is 29.2 Å². The van der Waals surface area contributed by atoms with Crippen LogP contribution in [0, 0.1) is 5.41 Å². The monoisotopic (exact) mass is 523 g/mol. The second kappa shape index (κ2) is 9.95. The Morgan fingerprint density at radius 2 is 1.89 bits per heavy atom. The number of carbonyl (C=O) groups is 1. The lowest BCUT2D eigenvalue weighted by molar-refractivity contribution is -0.137. The largest absolute Gasteiger partial charge is 0.480 e. The fourth-order valence-electron chi connectivity index (χ4n) is 3.66. The quantitative estimate of drug-likeness (QED) is 0.288. The van der Waals surface area contributed by atoms with Gasteiger partial charge in [-0.2, -0.15) is 0 Å². The van der Waals surface area contributed by atoms with E-state index in [9.17, 15) is 4.79 Å². The molecule has 184 valence electrons. The van der Waals surface area contributed by atoms with Crippen molar-refractivity contribution in [1.82, 2.24) is 25.0 Å². The third kappa shape index (κ3) is 5.55. The molecule has 0 saturated carbocycles. The van der Waals surface area contributed by atoms with E-state index in [0.29, 0.717) is 44.6 Å². The highest BCUT2D eigenvalue weighted by molar-refractivity contribution is 6.36. The van der Waals surface area contributed by atoms with Gasteiger partial charge < -0.3 is 15.7 Å². The second-order valence-corrected chi connectivity index (χ2v) is 10.4. The highest BCUT2D eigenvalue weighted by Gasteiger charge is 2.34. The lowest BCUT2D eigenvalue weighted by atomic mass is 9.69. The Kier molecular flexibility index (Phi) is 7.11. The molecule has 0 aliphatic rings. The van der Waals surface area contributed by atoms with Gasteiger partial charge >= 0.3 is 5.97 Å². The Balaban J connectivity index is 1.81. The maximum atomic E-state index is 11.2. The molecule has 0 aliphatic heterocycles. The number of hydrogen-bond acceptors (Lipinski definition) is 7. The molecule has 9 nitrogen and oxygen atoms in total. The fourth-order valence-corrected chi connectivity index (χ4v) is 4.21. The van der Waals surface area contributed by atoms with Crippen molar-refractivity contribution >= 4 is 59.4 Å². The van der Waals surface area contributed by atoms with Crippen LogP contribution in [-0.2, 0) is 16.8 Å². The highest BCUT2D eigenvalue weighted by Crippen LogP contribution is 2.37. The molecule has 1 unspecified atom stereocenters. The number of carboxylic acids is 1. The molecule has 2 aromatic heterocycles. The fraction of sp³-hybridized carbons (Fsp3) is 0.292. The van der Waals surface area contributed by atoms with E-state index in [1.54, 1.807) is 30.3 Å². The molecular weight excluding hydrogens is 500 g/mol. The summed E-state index contributed by atoms with van der Waals surface area (Å²) in [6.45, 7) is 6.67. The summed E-state index contributed by atoms with van der Waals surface area (Å²) in [4.78, 5) is 19.9. The standard InChI is InChI=1S/C24H24BCl2N7O2/c1-23(2,3)12-28-22-15-8-14(9-18(27)21(15)29-13-30-22)31-24(25,16-6-4-5-7-17(16)26)19-10-34(33-32-19)11-20(35)36/h4-10,13,31H,11-12H2,1-3H3,(H,35,36)(H,28,29,30). The summed E-state index contributed by atoms with van der Waals surface area (Å²) in [5.41, 5.74) is 0.470. The molecule has 12 heteroatoms. The molecule has 2 heterocycles. The normalized spacial score (nSPS) is 13.4. The van der Waals surface area contributed by atoms with Crippen LogP contribution in [0.2, 0.25) is 10.0 Å². The number of benzene rings is 2. The molecule has 0 bridgehead atoms. The lowest BCUT2D eigenvalue weighted by Crippen LogP contribution is -2.38. The predicted octanol–water partition coefficient (Wildman–Crippen LogP) is 4.55. The molecule has 2 aromatic carbocycles. The maximum absolute atomic E-state index is 11.2. The molecule has 0 amide bonds. The zero-order valence-electron chi connectivity index (χ0n) is 20.0. The number of aliphatic carboxylic acids is 1. The molecule has 2 radical (unpaired) electrons. The minimum Gasteiger partial charge on any atom is -0.480 e. The van der Waals surface area contributed by atoms with Gasteiger partial charge in [0.25, 0.3) is 0 Å². The van der Waals surface area contributed by atoms with E-state index in [1.807, 2.05) is 6.07 Å². The Hall–Kier alpha value is -3.37. The molecule has 3 N–H and O–H groups in total. The number of anilines is 2. The topological polar surface area (TPSA) is 118 Å². The first-order valence-corrected chi connectivity index (χ1v) is 11.8. The third-order valence-corrected chi connectivity index (χ3v) is 5.98. The number of carboxylic acid groups (broad SMARTS) is 1. The van der Waals surface area contributed by atoms with Crippen LogP contribution in [0.25, 0.3) is 10.9 Å².